The minimum Gasteiger partial charge on any atom is -0.335 e. The predicted molar refractivity (Wildman–Crippen MR) is 82.9 cm³/mol. The van der Waals surface area contributed by atoms with Crippen molar-refractivity contribution in [2.45, 2.75) is 26.7 Å². The molecule has 0 amide bonds. The van der Waals surface area contributed by atoms with Crippen molar-refractivity contribution in [2.24, 2.45) is 0 Å². The fourth-order valence-electron chi connectivity index (χ4n) is 2.35. The Kier molecular flexibility index (Phi) is 3.56. The first-order chi connectivity index (χ1) is 10.2. The van der Waals surface area contributed by atoms with Crippen molar-refractivity contribution < 1.29 is 4.52 Å². The first-order valence-corrected chi connectivity index (χ1v) is 7.18. The summed E-state index contributed by atoms with van der Waals surface area (Å²) in [7, 11) is 2.00. The van der Waals surface area contributed by atoms with E-state index < -0.39 is 0 Å². The monoisotopic (exact) mass is 282 g/mol. The number of hydrogen-bond acceptors (Lipinski definition) is 5. The minimum absolute atomic E-state index is 0.566. The van der Waals surface area contributed by atoms with Gasteiger partial charge in [0.1, 0.15) is 17.0 Å². The van der Waals surface area contributed by atoms with Crippen LogP contribution in [-0.4, -0.2) is 22.2 Å². The molecule has 5 nitrogen and oxygen atoms in total. The minimum atomic E-state index is 0.566. The second kappa shape index (κ2) is 5.52. The van der Waals surface area contributed by atoms with E-state index >= 15 is 0 Å². The Hall–Kier alpha value is -2.43. The molecule has 0 saturated heterocycles. The van der Waals surface area contributed by atoms with Gasteiger partial charge in [-0.2, -0.15) is 4.98 Å². The van der Waals surface area contributed by atoms with Crippen molar-refractivity contribution in [3.05, 3.63) is 41.9 Å². The number of nitrogens with zero attached hydrogens (tertiary/aromatic N) is 4. The van der Waals surface area contributed by atoms with Gasteiger partial charge in [-0.3, -0.25) is 0 Å². The van der Waals surface area contributed by atoms with Crippen LogP contribution in [0.25, 0.3) is 11.1 Å². The standard InChI is InChI=1S/C16H18N4O/c1-4-12-14-15(20(3)11-9-7-6-8-10-11)17-13(5-2)18-16(14)21-19-12/h6-10H,4-5H2,1-3H3. The molecule has 0 saturated carbocycles. The van der Waals surface area contributed by atoms with E-state index in [1.165, 1.54) is 0 Å². The van der Waals surface area contributed by atoms with Crippen LogP contribution < -0.4 is 4.90 Å². The largest absolute Gasteiger partial charge is 0.335 e. The van der Waals surface area contributed by atoms with Gasteiger partial charge < -0.3 is 9.42 Å². The Bertz CT molecular complexity index is 752. The second-order valence-electron chi connectivity index (χ2n) is 4.87. The highest BCUT2D eigenvalue weighted by Gasteiger charge is 2.19. The van der Waals surface area contributed by atoms with Gasteiger partial charge in [-0.15, -0.1) is 0 Å². The third-order valence-electron chi connectivity index (χ3n) is 3.55. The summed E-state index contributed by atoms with van der Waals surface area (Å²) in [5.74, 6) is 1.61. The molecule has 0 N–H and O–H groups in total. The quantitative estimate of drug-likeness (QED) is 0.733. The molecule has 5 heteroatoms. The topological polar surface area (TPSA) is 55.1 Å². The molecule has 0 aliphatic heterocycles. The average Bonchev–Trinajstić information content (AvgIpc) is 2.97. The zero-order chi connectivity index (χ0) is 14.8. The van der Waals surface area contributed by atoms with Gasteiger partial charge in [-0.1, -0.05) is 37.2 Å². The maximum atomic E-state index is 5.38. The molecule has 1 aromatic carbocycles. The van der Waals surface area contributed by atoms with Crippen LogP contribution in [0, 0.1) is 0 Å². The van der Waals surface area contributed by atoms with Crippen LogP contribution in [0.15, 0.2) is 34.9 Å². The van der Waals surface area contributed by atoms with E-state index in [4.69, 9.17) is 9.51 Å². The SMILES string of the molecule is CCc1nc(N(C)c2ccccc2)c2c(CC)noc2n1. The maximum absolute atomic E-state index is 5.38. The first kappa shape index (κ1) is 13.5. The van der Waals surface area contributed by atoms with E-state index in [0.717, 1.165) is 41.3 Å². The molecule has 0 aliphatic rings. The van der Waals surface area contributed by atoms with E-state index in [-0.39, 0.29) is 0 Å². The van der Waals surface area contributed by atoms with E-state index in [1.54, 1.807) is 0 Å². The molecular formula is C16H18N4O. The van der Waals surface area contributed by atoms with Crippen LogP contribution in [0.1, 0.15) is 25.4 Å². The lowest BCUT2D eigenvalue weighted by Gasteiger charge is -2.19. The summed E-state index contributed by atoms with van der Waals surface area (Å²) < 4.78 is 5.38. The van der Waals surface area contributed by atoms with Gasteiger partial charge >= 0.3 is 0 Å². The van der Waals surface area contributed by atoms with Gasteiger partial charge in [0.05, 0.1) is 5.69 Å². The summed E-state index contributed by atoms with van der Waals surface area (Å²) in [5, 5.41) is 5.03. The van der Waals surface area contributed by atoms with Gasteiger partial charge in [0, 0.05) is 19.2 Å². The van der Waals surface area contributed by atoms with Crippen molar-refractivity contribution in [1.82, 2.24) is 15.1 Å². The molecule has 0 spiro atoms. The van der Waals surface area contributed by atoms with Crippen LogP contribution in [0.2, 0.25) is 0 Å². The van der Waals surface area contributed by atoms with Crippen molar-refractivity contribution in [3.63, 3.8) is 0 Å². The Morgan fingerprint density at radius 2 is 1.81 bits per heavy atom. The lowest BCUT2D eigenvalue weighted by molar-refractivity contribution is 0.439. The molecule has 2 heterocycles. The summed E-state index contributed by atoms with van der Waals surface area (Å²) in [6.45, 7) is 4.09. The second-order valence-corrected chi connectivity index (χ2v) is 4.87. The van der Waals surface area contributed by atoms with Gasteiger partial charge in [0.2, 0.25) is 0 Å². The molecule has 0 fully saturated rings. The molecule has 3 rings (SSSR count). The first-order valence-electron chi connectivity index (χ1n) is 7.18. The highest BCUT2D eigenvalue weighted by Crippen LogP contribution is 2.31. The Labute approximate surface area is 123 Å². The molecule has 108 valence electrons. The van der Waals surface area contributed by atoms with Crippen molar-refractivity contribution in [2.75, 3.05) is 11.9 Å². The summed E-state index contributed by atoms with van der Waals surface area (Å²) in [6, 6.07) is 10.1. The smallest absolute Gasteiger partial charge is 0.263 e. The molecule has 0 atom stereocenters. The lowest BCUT2D eigenvalue weighted by atomic mass is 10.2. The number of para-hydroxylation sites is 1. The van der Waals surface area contributed by atoms with E-state index in [2.05, 4.69) is 34.1 Å². The number of rotatable bonds is 4. The number of hydrogen-bond donors (Lipinski definition) is 0. The zero-order valence-electron chi connectivity index (χ0n) is 12.5. The fourth-order valence-corrected chi connectivity index (χ4v) is 2.35. The summed E-state index contributed by atoms with van der Waals surface area (Å²) in [5.41, 5.74) is 2.53. The number of fused-ring (bicyclic) bond motifs is 1. The summed E-state index contributed by atoms with van der Waals surface area (Å²) in [6.07, 6.45) is 1.55. The maximum Gasteiger partial charge on any atom is 0.263 e. The number of anilines is 2. The Morgan fingerprint density at radius 1 is 1.05 bits per heavy atom. The van der Waals surface area contributed by atoms with Gasteiger partial charge in [0.25, 0.3) is 5.71 Å². The highest BCUT2D eigenvalue weighted by molar-refractivity contribution is 5.90. The zero-order valence-corrected chi connectivity index (χ0v) is 12.5. The average molecular weight is 282 g/mol. The van der Waals surface area contributed by atoms with E-state index in [1.807, 2.05) is 32.2 Å². The fraction of sp³-hybridized carbons (Fsp3) is 0.312. The van der Waals surface area contributed by atoms with Gasteiger partial charge in [-0.25, -0.2) is 4.98 Å². The van der Waals surface area contributed by atoms with E-state index in [0.29, 0.717) is 5.71 Å². The molecular weight excluding hydrogens is 264 g/mol. The number of benzene rings is 1. The normalized spacial score (nSPS) is 11.0. The summed E-state index contributed by atoms with van der Waals surface area (Å²) >= 11 is 0. The molecule has 3 aromatic rings. The van der Waals surface area contributed by atoms with E-state index in [9.17, 15) is 0 Å². The third-order valence-corrected chi connectivity index (χ3v) is 3.55. The molecule has 21 heavy (non-hydrogen) atoms. The van der Waals surface area contributed by atoms with Gasteiger partial charge in [0.15, 0.2) is 0 Å². The molecule has 0 aliphatic carbocycles. The highest BCUT2D eigenvalue weighted by atomic mass is 16.5. The van der Waals surface area contributed by atoms with Crippen LogP contribution in [0.5, 0.6) is 0 Å². The number of aromatic nitrogens is 3. The van der Waals surface area contributed by atoms with Crippen molar-refractivity contribution in [3.8, 4) is 0 Å². The van der Waals surface area contributed by atoms with Crippen LogP contribution in [0.3, 0.4) is 0 Å². The predicted octanol–water partition coefficient (Wildman–Crippen LogP) is 3.51. The van der Waals surface area contributed by atoms with Gasteiger partial charge in [-0.05, 0) is 18.6 Å². The molecule has 0 radical (unpaired) electrons. The molecule has 2 aromatic heterocycles. The van der Waals surface area contributed by atoms with Crippen LogP contribution in [0.4, 0.5) is 11.5 Å². The lowest BCUT2D eigenvalue weighted by Crippen LogP contribution is -2.13. The van der Waals surface area contributed by atoms with Crippen molar-refractivity contribution >= 4 is 22.6 Å². The number of aryl methyl sites for hydroxylation is 2. The third kappa shape index (κ3) is 2.35. The Morgan fingerprint density at radius 3 is 2.48 bits per heavy atom. The molecule has 0 unspecified atom stereocenters. The molecule has 0 bridgehead atoms. The summed E-state index contributed by atoms with van der Waals surface area (Å²) in [4.78, 5) is 11.2. The van der Waals surface area contributed by atoms with Crippen LogP contribution in [-0.2, 0) is 12.8 Å². The Balaban J connectivity index is 2.22. The van der Waals surface area contributed by atoms with Crippen molar-refractivity contribution in [1.29, 1.82) is 0 Å². The van der Waals surface area contributed by atoms with Crippen LogP contribution >= 0.6 is 0 Å².